The fraction of sp³-hybridized carbons (Fsp3) is 0.812. The lowest BCUT2D eigenvalue weighted by Gasteiger charge is -2.45. The van der Waals surface area contributed by atoms with E-state index in [1.54, 1.807) is 11.3 Å². The highest BCUT2D eigenvalue weighted by Gasteiger charge is 2.37. The molecule has 1 unspecified atom stereocenters. The molecule has 0 aromatic carbocycles. The van der Waals surface area contributed by atoms with E-state index in [1.807, 2.05) is 0 Å². The van der Waals surface area contributed by atoms with Gasteiger partial charge in [0.15, 0.2) is 0 Å². The minimum atomic E-state index is 0.203. The Hall–Kier alpha value is -0.450. The second kappa shape index (κ2) is 8.11. The van der Waals surface area contributed by atoms with Crippen molar-refractivity contribution in [2.45, 2.75) is 65.0 Å². The minimum absolute atomic E-state index is 0.203. The van der Waals surface area contributed by atoms with Crippen molar-refractivity contribution in [2.75, 3.05) is 20.6 Å². The van der Waals surface area contributed by atoms with E-state index in [1.165, 1.54) is 11.4 Å². The van der Waals surface area contributed by atoms with E-state index < -0.39 is 0 Å². The Morgan fingerprint density at radius 3 is 2.35 bits per heavy atom. The van der Waals surface area contributed by atoms with Gasteiger partial charge in [-0.05, 0) is 46.8 Å². The number of nitrogens with one attached hydrogen (secondary N) is 1. The molecule has 116 valence electrons. The Morgan fingerprint density at radius 1 is 1.30 bits per heavy atom. The van der Waals surface area contributed by atoms with Gasteiger partial charge in [-0.25, -0.2) is 4.98 Å². The Labute approximate surface area is 128 Å². The highest BCUT2D eigenvalue weighted by Crippen LogP contribution is 2.28. The van der Waals surface area contributed by atoms with Crippen molar-refractivity contribution in [3.8, 4) is 0 Å². The van der Waals surface area contributed by atoms with Crippen LogP contribution in [0.3, 0.4) is 0 Å². The molecule has 0 aliphatic heterocycles. The van der Waals surface area contributed by atoms with Gasteiger partial charge >= 0.3 is 0 Å². The van der Waals surface area contributed by atoms with Crippen LogP contribution >= 0.6 is 11.3 Å². The van der Waals surface area contributed by atoms with Crippen LogP contribution < -0.4 is 5.32 Å². The lowest BCUT2D eigenvalue weighted by Crippen LogP contribution is -2.59. The fourth-order valence-electron chi connectivity index (χ4n) is 3.13. The highest BCUT2D eigenvalue weighted by molar-refractivity contribution is 7.09. The molecule has 0 amide bonds. The van der Waals surface area contributed by atoms with Crippen molar-refractivity contribution in [3.63, 3.8) is 0 Å². The van der Waals surface area contributed by atoms with Gasteiger partial charge in [-0.1, -0.05) is 20.8 Å². The van der Waals surface area contributed by atoms with E-state index in [0.29, 0.717) is 6.04 Å². The van der Waals surface area contributed by atoms with Gasteiger partial charge in [0.1, 0.15) is 0 Å². The predicted molar refractivity (Wildman–Crippen MR) is 89.6 cm³/mol. The Morgan fingerprint density at radius 2 is 1.95 bits per heavy atom. The average molecular weight is 298 g/mol. The van der Waals surface area contributed by atoms with Gasteiger partial charge in [-0.15, -0.1) is 11.3 Å². The van der Waals surface area contributed by atoms with E-state index in [2.05, 4.69) is 62.4 Å². The third-order valence-electron chi connectivity index (χ3n) is 4.45. The van der Waals surface area contributed by atoms with Crippen LogP contribution in [-0.2, 0) is 6.42 Å². The summed E-state index contributed by atoms with van der Waals surface area (Å²) in [5.74, 6) is 0. The van der Waals surface area contributed by atoms with Crippen LogP contribution in [0.4, 0.5) is 0 Å². The summed E-state index contributed by atoms with van der Waals surface area (Å²) in [6.07, 6.45) is 4.51. The topological polar surface area (TPSA) is 28.2 Å². The number of aromatic nitrogens is 1. The van der Waals surface area contributed by atoms with Gasteiger partial charge in [-0.2, -0.15) is 0 Å². The molecule has 1 heterocycles. The first-order valence-electron chi connectivity index (χ1n) is 7.81. The molecule has 1 atom stereocenters. The first-order valence-corrected chi connectivity index (χ1v) is 8.69. The molecule has 3 nitrogen and oxygen atoms in total. The summed E-state index contributed by atoms with van der Waals surface area (Å²) in [5, 5.41) is 7.18. The van der Waals surface area contributed by atoms with Gasteiger partial charge in [0.05, 0.1) is 5.01 Å². The summed E-state index contributed by atoms with van der Waals surface area (Å²) in [5.41, 5.74) is 1.34. The molecule has 0 aliphatic rings. The lowest BCUT2D eigenvalue weighted by atomic mass is 9.81. The number of hydrogen-bond donors (Lipinski definition) is 1. The van der Waals surface area contributed by atoms with Crippen LogP contribution in [-0.4, -0.2) is 42.1 Å². The Balaban J connectivity index is 2.96. The van der Waals surface area contributed by atoms with Gasteiger partial charge in [0, 0.05) is 29.1 Å². The number of likely N-dealkylation sites (N-methyl/N-ethyl adjacent to an activating group) is 1. The molecule has 0 saturated heterocycles. The third kappa shape index (κ3) is 4.03. The lowest BCUT2D eigenvalue weighted by molar-refractivity contribution is 0.0881. The molecule has 0 spiro atoms. The molecule has 0 fully saturated rings. The maximum Gasteiger partial charge on any atom is 0.0944 e. The second-order valence-corrected chi connectivity index (χ2v) is 6.74. The second-order valence-electron chi connectivity index (χ2n) is 5.80. The molecule has 1 aromatic heterocycles. The maximum atomic E-state index is 4.66. The molecule has 1 aromatic rings. The number of hydrogen-bond acceptors (Lipinski definition) is 4. The number of aryl methyl sites for hydroxylation is 1. The predicted octanol–water partition coefficient (Wildman–Crippen LogP) is 3.48. The average Bonchev–Trinajstić information content (AvgIpc) is 2.82. The van der Waals surface area contributed by atoms with Crippen LogP contribution in [0.5, 0.6) is 0 Å². The van der Waals surface area contributed by atoms with E-state index in [0.717, 1.165) is 31.5 Å². The largest absolute Gasteiger partial charge is 0.312 e. The highest BCUT2D eigenvalue weighted by atomic mass is 32.1. The standard InChI is InChI=1S/C16H31N3S/c1-7-10-17-14(11-15-18-13(4)12-20-15)16(8-2,9-3)19(5)6/h12,14,17H,7-11H2,1-6H3. The summed E-state index contributed by atoms with van der Waals surface area (Å²) in [6.45, 7) is 9.99. The normalized spacial score (nSPS) is 13.9. The number of rotatable bonds is 9. The summed E-state index contributed by atoms with van der Waals surface area (Å²) >= 11 is 1.79. The van der Waals surface area contributed by atoms with Gasteiger partial charge in [-0.3, -0.25) is 0 Å². The number of nitrogens with zero attached hydrogens (tertiary/aromatic N) is 2. The number of thiazole rings is 1. The first kappa shape index (κ1) is 17.6. The van der Waals surface area contributed by atoms with Crippen LogP contribution in [0, 0.1) is 6.92 Å². The summed E-state index contributed by atoms with van der Waals surface area (Å²) in [7, 11) is 4.42. The summed E-state index contributed by atoms with van der Waals surface area (Å²) < 4.78 is 0. The van der Waals surface area contributed by atoms with Crippen molar-refractivity contribution in [3.05, 3.63) is 16.1 Å². The van der Waals surface area contributed by atoms with Crippen LogP contribution in [0.15, 0.2) is 5.38 Å². The van der Waals surface area contributed by atoms with Gasteiger partial charge in [0.25, 0.3) is 0 Å². The molecule has 20 heavy (non-hydrogen) atoms. The SMILES string of the molecule is CCCNC(Cc1nc(C)cs1)C(CC)(CC)N(C)C. The molecular weight excluding hydrogens is 266 g/mol. The van der Waals surface area contributed by atoms with Crippen LogP contribution in [0.1, 0.15) is 50.7 Å². The van der Waals surface area contributed by atoms with E-state index in [4.69, 9.17) is 0 Å². The summed E-state index contributed by atoms with van der Waals surface area (Å²) in [6, 6.07) is 0.456. The monoisotopic (exact) mass is 297 g/mol. The zero-order valence-corrected chi connectivity index (χ0v) is 14.8. The zero-order chi connectivity index (χ0) is 15.2. The zero-order valence-electron chi connectivity index (χ0n) is 14.0. The minimum Gasteiger partial charge on any atom is -0.312 e. The third-order valence-corrected chi connectivity index (χ3v) is 5.44. The summed E-state index contributed by atoms with van der Waals surface area (Å²) in [4.78, 5) is 7.06. The molecule has 1 rings (SSSR count). The Kier molecular flexibility index (Phi) is 7.13. The van der Waals surface area contributed by atoms with E-state index >= 15 is 0 Å². The first-order chi connectivity index (χ1) is 9.50. The molecule has 1 N–H and O–H groups in total. The smallest absolute Gasteiger partial charge is 0.0944 e. The van der Waals surface area contributed by atoms with E-state index in [9.17, 15) is 0 Å². The van der Waals surface area contributed by atoms with Crippen molar-refractivity contribution in [1.29, 1.82) is 0 Å². The quantitative estimate of drug-likeness (QED) is 0.756. The van der Waals surface area contributed by atoms with Crippen molar-refractivity contribution >= 4 is 11.3 Å². The van der Waals surface area contributed by atoms with E-state index in [-0.39, 0.29) is 5.54 Å². The molecular formula is C16H31N3S. The maximum absolute atomic E-state index is 4.66. The molecule has 0 radical (unpaired) electrons. The molecule has 0 aliphatic carbocycles. The van der Waals surface area contributed by atoms with Crippen molar-refractivity contribution in [1.82, 2.24) is 15.2 Å². The van der Waals surface area contributed by atoms with Gasteiger partial charge in [0.2, 0.25) is 0 Å². The molecule has 0 saturated carbocycles. The van der Waals surface area contributed by atoms with Crippen LogP contribution in [0.25, 0.3) is 0 Å². The van der Waals surface area contributed by atoms with Crippen LogP contribution in [0.2, 0.25) is 0 Å². The van der Waals surface area contributed by atoms with Crippen molar-refractivity contribution in [2.24, 2.45) is 0 Å². The van der Waals surface area contributed by atoms with Gasteiger partial charge < -0.3 is 10.2 Å². The Bertz CT molecular complexity index is 383. The molecule has 0 bridgehead atoms. The fourth-order valence-corrected chi connectivity index (χ4v) is 3.95. The van der Waals surface area contributed by atoms with Crippen molar-refractivity contribution < 1.29 is 0 Å². The molecule has 4 heteroatoms.